The van der Waals surface area contributed by atoms with E-state index in [9.17, 15) is 9.59 Å². The van der Waals surface area contributed by atoms with Gasteiger partial charge in [-0.25, -0.2) is 9.59 Å². The molecule has 6 heteroatoms. The van der Waals surface area contributed by atoms with Crippen molar-refractivity contribution in [3.63, 3.8) is 0 Å². The molecule has 0 saturated carbocycles. The van der Waals surface area contributed by atoms with Gasteiger partial charge in [0.25, 0.3) is 0 Å². The van der Waals surface area contributed by atoms with Gasteiger partial charge < -0.3 is 19.5 Å². The van der Waals surface area contributed by atoms with Crippen LogP contribution in [0.4, 0.5) is 4.79 Å². The molecule has 0 saturated heterocycles. The summed E-state index contributed by atoms with van der Waals surface area (Å²) in [4.78, 5) is 22.0. The first-order valence-electron chi connectivity index (χ1n) is 7.07. The number of benzene rings is 1. The topological polar surface area (TPSA) is 73.9 Å². The normalized spacial score (nSPS) is 9.68. The summed E-state index contributed by atoms with van der Waals surface area (Å²) in [6, 6.07) is 7.75. The standard InChI is InChI=1S/C16H21NO5/c1-3-13-5-7-14(8-6-13)20-11-12-22-16(19)17-9-10-21-15(18)4-2/h4-8H,2-3,9-12H2,1H3,(H,17,19). The summed E-state index contributed by atoms with van der Waals surface area (Å²) in [5, 5.41) is 2.45. The molecule has 0 fully saturated rings. The van der Waals surface area contributed by atoms with Crippen LogP contribution in [-0.2, 0) is 20.7 Å². The largest absolute Gasteiger partial charge is 0.490 e. The highest BCUT2D eigenvalue weighted by atomic mass is 16.6. The van der Waals surface area contributed by atoms with Crippen LogP contribution in [0.25, 0.3) is 0 Å². The molecule has 0 heterocycles. The smallest absolute Gasteiger partial charge is 0.407 e. The molecule has 120 valence electrons. The summed E-state index contributed by atoms with van der Waals surface area (Å²) in [7, 11) is 0. The minimum absolute atomic E-state index is 0.0697. The Morgan fingerprint density at radius 3 is 2.50 bits per heavy atom. The van der Waals surface area contributed by atoms with Gasteiger partial charge >= 0.3 is 12.1 Å². The predicted octanol–water partition coefficient (Wildman–Crippen LogP) is 2.08. The predicted molar refractivity (Wildman–Crippen MR) is 81.8 cm³/mol. The van der Waals surface area contributed by atoms with Gasteiger partial charge in [-0.1, -0.05) is 25.6 Å². The van der Waals surface area contributed by atoms with Crippen LogP contribution >= 0.6 is 0 Å². The van der Waals surface area contributed by atoms with Gasteiger partial charge in [-0.05, 0) is 24.1 Å². The number of hydrogen-bond donors (Lipinski definition) is 1. The lowest BCUT2D eigenvalue weighted by Crippen LogP contribution is -2.29. The third kappa shape index (κ3) is 7.33. The van der Waals surface area contributed by atoms with Crippen LogP contribution in [0.2, 0.25) is 0 Å². The van der Waals surface area contributed by atoms with E-state index >= 15 is 0 Å². The second-order valence-electron chi connectivity index (χ2n) is 4.28. The lowest BCUT2D eigenvalue weighted by molar-refractivity contribution is -0.137. The summed E-state index contributed by atoms with van der Waals surface area (Å²) in [5.74, 6) is 0.204. The van der Waals surface area contributed by atoms with E-state index < -0.39 is 12.1 Å². The van der Waals surface area contributed by atoms with Crippen molar-refractivity contribution in [2.24, 2.45) is 0 Å². The Hall–Kier alpha value is -2.50. The zero-order valence-electron chi connectivity index (χ0n) is 12.7. The van der Waals surface area contributed by atoms with Crippen LogP contribution in [0.3, 0.4) is 0 Å². The summed E-state index contributed by atoms with van der Waals surface area (Å²) in [6.45, 7) is 5.99. The van der Waals surface area contributed by atoms with Crippen molar-refractivity contribution in [1.29, 1.82) is 0 Å². The number of hydrogen-bond acceptors (Lipinski definition) is 5. The zero-order chi connectivity index (χ0) is 16.2. The van der Waals surface area contributed by atoms with E-state index in [1.54, 1.807) is 0 Å². The van der Waals surface area contributed by atoms with E-state index in [2.05, 4.69) is 18.8 Å². The highest BCUT2D eigenvalue weighted by Gasteiger charge is 2.02. The molecule has 1 N–H and O–H groups in total. The fourth-order valence-electron chi connectivity index (χ4n) is 1.53. The molecule has 0 spiro atoms. The number of alkyl carbamates (subject to hydrolysis) is 1. The van der Waals surface area contributed by atoms with Gasteiger partial charge in [0.1, 0.15) is 25.6 Å². The number of carbonyl (C=O) groups excluding carboxylic acids is 2. The lowest BCUT2D eigenvalue weighted by Gasteiger charge is -2.09. The van der Waals surface area contributed by atoms with Crippen LogP contribution in [0.5, 0.6) is 5.75 Å². The number of nitrogens with one attached hydrogen (secondary N) is 1. The van der Waals surface area contributed by atoms with Crippen molar-refractivity contribution in [2.75, 3.05) is 26.4 Å². The Morgan fingerprint density at radius 1 is 1.14 bits per heavy atom. The fourth-order valence-corrected chi connectivity index (χ4v) is 1.53. The molecule has 0 aromatic heterocycles. The maximum atomic E-state index is 11.3. The molecule has 1 amide bonds. The number of aryl methyl sites for hydroxylation is 1. The first kappa shape index (κ1) is 17.6. The highest BCUT2D eigenvalue weighted by molar-refractivity contribution is 5.81. The van der Waals surface area contributed by atoms with Crippen LogP contribution < -0.4 is 10.1 Å². The summed E-state index contributed by atoms with van der Waals surface area (Å²) in [6.07, 6.45) is 1.45. The van der Waals surface area contributed by atoms with Gasteiger partial charge in [0.15, 0.2) is 0 Å². The number of ether oxygens (including phenoxy) is 3. The van der Waals surface area contributed by atoms with E-state index in [0.29, 0.717) is 0 Å². The van der Waals surface area contributed by atoms with Crippen LogP contribution in [0.15, 0.2) is 36.9 Å². The maximum absolute atomic E-state index is 11.3. The molecule has 6 nitrogen and oxygen atoms in total. The quantitative estimate of drug-likeness (QED) is 0.429. The van der Waals surface area contributed by atoms with E-state index in [-0.39, 0.29) is 26.4 Å². The van der Waals surface area contributed by atoms with Gasteiger partial charge in [0, 0.05) is 6.08 Å². The maximum Gasteiger partial charge on any atom is 0.407 e. The first-order valence-corrected chi connectivity index (χ1v) is 7.07. The molecular formula is C16H21NO5. The van der Waals surface area contributed by atoms with E-state index in [1.165, 1.54) is 5.56 Å². The zero-order valence-corrected chi connectivity index (χ0v) is 12.7. The molecule has 0 radical (unpaired) electrons. The lowest BCUT2D eigenvalue weighted by atomic mass is 10.2. The average molecular weight is 307 g/mol. The molecular weight excluding hydrogens is 286 g/mol. The Morgan fingerprint density at radius 2 is 1.86 bits per heavy atom. The SMILES string of the molecule is C=CC(=O)OCCNC(=O)OCCOc1ccc(CC)cc1. The van der Waals surface area contributed by atoms with Gasteiger partial charge in [0.05, 0.1) is 6.54 Å². The van der Waals surface area contributed by atoms with Crippen LogP contribution in [0.1, 0.15) is 12.5 Å². The Labute approximate surface area is 130 Å². The van der Waals surface area contributed by atoms with Crippen LogP contribution in [-0.4, -0.2) is 38.4 Å². The molecule has 0 aliphatic heterocycles. The molecule has 0 aliphatic rings. The Balaban J connectivity index is 2.06. The molecule has 0 unspecified atom stereocenters. The third-order valence-electron chi connectivity index (χ3n) is 2.70. The van der Waals surface area contributed by atoms with E-state index in [4.69, 9.17) is 14.2 Å². The van der Waals surface area contributed by atoms with Crippen molar-refractivity contribution in [3.05, 3.63) is 42.5 Å². The molecule has 1 rings (SSSR count). The summed E-state index contributed by atoms with van der Waals surface area (Å²) < 4.78 is 15.0. The van der Waals surface area contributed by atoms with E-state index in [1.807, 2.05) is 24.3 Å². The number of carbonyl (C=O) groups is 2. The van der Waals surface area contributed by atoms with Crippen molar-refractivity contribution in [1.82, 2.24) is 5.32 Å². The second kappa shape index (κ2) is 10.3. The number of esters is 1. The van der Waals surface area contributed by atoms with Crippen molar-refractivity contribution in [2.45, 2.75) is 13.3 Å². The van der Waals surface area contributed by atoms with Gasteiger partial charge in [0.2, 0.25) is 0 Å². The Bertz CT molecular complexity index is 484. The molecule has 0 bridgehead atoms. The van der Waals surface area contributed by atoms with Crippen molar-refractivity contribution < 1.29 is 23.8 Å². The summed E-state index contributed by atoms with van der Waals surface area (Å²) in [5.41, 5.74) is 1.24. The average Bonchev–Trinajstić information content (AvgIpc) is 2.55. The minimum Gasteiger partial charge on any atom is -0.490 e. The molecule has 22 heavy (non-hydrogen) atoms. The number of amides is 1. The molecule has 0 atom stereocenters. The summed E-state index contributed by atoms with van der Waals surface area (Å²) >= 11 is 0. The van der Waals surface area contributed by atoms with Gasteiger partial charge in [-0.3, -0.25) is 0 Å². The van der Waals surface area contributed by atoms with Gasteiger partial charge in [-0.15, -0.1) is 0 Å². The number of rotatable bonds is 9. The first-order chi connectivity index (χ1) is 10.7. The monoisotopic (exact) mass is 307 g/mol. The minimum atomic E-state index is -0.584. The second-order valence-corrected chi connectivity index (χ2v) is 4.28. The Kier molecular flexibility index (Phi) is 8.18. The molecule has 1 aromatic carbocycles. The van der Waals surface area contributed by atoms with Crippen molar-refractivity contribution >= 4 is 12.1 Å². The van der Waals surface area contributed by atoms with E-state index in [0.717, 1.165) is 18.2 Å². The fraction of sp³-hybridized carbons (Fsp3) is 0.375. The highest BCUT2D eigenvalue weighted by Crippen LogP contribution is 2.12. The van der Waals surface area contributed by atoms with Gasteiger partial charge in [-0.2, -0.15) is 0 Å². The van der Waals surface area contributed by atoms with Crippen LogP contribution in [0, 0.1) is 0 Å². The molecule has 1 aromatic rings. The van der Waals surface area contributed by atoms with Crippen molar-refractivity contribution in [3.8, 4) is 5.75 Å². The third-order valence-corrected chi connectivity index (χ3v) is 2.70. The molecule has 0 aliphatic carbocycles.